The number of nitrogens with zero attached hydrogens (tertiary/aromatic N) is 3. The normalized spacial score (nSPS) is 22.4. The Balaban J connectivity index is 0.000000271. The van der Waals surface area contributed by atoms with Crippen LogP contribution in [-0.2, 0) is 20.9 Å². The Morgan fingerprint density at radius 3 is 2.08 bits per heavy atom. The van der Waals surface area contributed by atoms with Crippen molar-refractivity contribution >= 4 is 17.8 Å². The maximum absolute atomic E-state index is 13.0. The van der Waals surface area contributed by atoms with Crippen LogP contribution in [0, 0.1) is 11.3 Å². The van der Waals surface area contributed by atoms with Crippen LogP contribution >= 0.6 is 0 Å². The quantitative estimate of drug-likeness (QED) is 0.576. The number of halogens is 6. The summed E-state index contributed by atoms with van der Waals surface area (Å²) in [5.74, 6) is -4.21. The van der Waals surface area contributed by atoms with Crippen LogP contribution in [0.3, 0.4) is 0 Å². The molecule has 2 saturated heterocycles. The van der Waals surface area contributed by atoms with Gasteiger partial charge in [-0.1, -0.05) is 6.07 Å². The first kappa shape index (κ1) is 29.3. The van der Waals surface area contributed by atoms with Crippen molar-refractivity contribution in [3.05, 3.63) is 30.1 Å². The lowest BCUT2D eigenvalue weighted by atomic mass is 9.78. The number of hydrogen-bond donors (Lipinski definition) is 2. The molecule has 1 aromatic rings. The van der Waals surface area contributed by atoms with Crippen LogP contribution in [0.15, 0.2) is 24.5 Å². The van der Waals surface area contributed by atoms with Gasteiger partial charge in [0.2, 0.25) is 5.91 Å². The summed E-state index contributed by atoms with van der Waals surface area (Å²) in [6.45, 7) is 5.03. The minimum absolute atomic E-state index is 0.0879. The first-order valence-electron chi connectivity index (χ1n) is 11.1. The fourth-order valence-electron chi connectivity index (χ4n) is 4.18. The SMILES string of the molecule is O=C(O)C(F)(F)F.O=C(O)C(F)(F)F.O=C1N(Cc2cccnc2)CCC12CCCN(CC1CC1)C2. The maximum atomic E-state index is 13.0. The van der Waals surface area contributed by atoms with E-state index in [0.717, 1.165) is 44.0 Å². The minimum Gasteiger partial charge on any atom is -0.475 e. The summed E-state index contributed by atoms with van der Waals surface area (Å²) in [7, 11) is 0. The van der Waals surface area contributed by atoms with E-state index < -0.39 is 24.3 Å². The van der Waals surface area contributed by atoms with E-state index in [-0.39, 0.29) is 5.41 Å². The van der Waals surface area contributed by atoms with Gasteiger partial charge >= 0.3 is 24.3 Å². The molecule has 0 aromatic carbocycles. The molecule has 2 aliphatic heterocycles. The van der Waals surface area contributed by atoms with Crippen molar-refractivity contribution in [2.24, 2.45) is 11.3 Å². The van der Waals surface area contributed by atoms with E-state index in [9.17, 15) is 31.1 Å². The van der Waals surface area contributed by atoms with Gasteiger partial charge in [-0.2, -0.15) is 26.3 Å². The molecule has 8 nitrogen and oxygen atoms in total. The van der Waals surface area contributed by atoms with E-state index in [1.54, 1.807) is 6.20 Å². The molecule has 1 unspecified atom stereocenters. The molecular weight excluding hydrogens is 500 g/mol. The fraction of sp³-hybridized carbons (Fsp3) is 0.636. The van der Waals surface area contributed by atoms with Crippen molar-refractivity contribution in [3.8, 4) is 0 Å². The number of carbonyl (C=O) groups excluding carboxylic acids is 1. The van der Waals surface area contributed by atoms with Crippen LogP contribution in [0.2, 0.25) is 0 Å². The lowest BCUT2D eigenvalue weighted by Crippen LogP contribution is -2.48. The highest BCUT2D eigenvalue weighted by atomic mass is 19.4. The van der Waals surface area contributed by atoms with Gasteiger partial charge in [0.25, 0.3) is 0 Å². The van der Waals surface area contributed by atoms with Crippen LogP contribution in [0.5, 0.6) is 0 Å². The molecule has 1 spiro atoms. The summed E-state index contributed by atoms with van der Waals surface area (Å²) in [5.41, 5.74) is 1.05. The molecule has 1 aliphatic carbocycles. The topological polar surface area (TPSA) is 111 Å². The molecule has 1 saturated carbocycles. The largest absolute Gasteiger partial charge is 0.490 e. The van der Waals surface area contributed by atoms with E-state index in [4.69, 9.17) is 19.8 Å². The molecule has 0 bridgehead atoms. The van der Waals surface area contributed by atoms with Gasteiger partial charge in [0, 0.05) is 38.6 Å². The Kier molecular flexibility index (Phi) is 9.69. The van der Waals surface area contributed by atoms with Gasteiger partial charge < -0.3 is 20.0 Å². The third-order valence-electron chi connectivity index (χ3n) is 6.05. The van der Waals surface area contributed by atoms with Crippen LogP contribution in [0.25, 0.3) is 0 Å². The Morgan fingerprint density at radius 2 is 1.61 bits per heavy atom. The molecular formula is C22H27F6N3O5. The summed E-state index contributed by atoms with van der Waals surface area (Å²) < 4.78 is 63.5. The van der Waals surface area contributed by atoms with Crippen molar-refractivity contribution in [1.82, 2.24) is 14.8 Å². The number of carbonyl (C=O) groups is 3. The number of aromatic nitrogens is 1. The third-order valence-corrected chi connectivity index (χ3v) is 6.05. The molecule has 36 heavy (non-hydrogen) atoms. The van der Waals surface area contributed by atoms with Crippen molar-refractivity contribution < 1.29 is 50.9 Å². The second-order valence-electron chi connectivity index (χ2n) is 9.01. The van der Waals surface area contributed by atoms with Crippen LogP contribution < -0.4 is 0 Å². The average molecular weight is 527 g/mol. The minimum atomic E-state index is -5.08. The van der Waals surface area contributed by atoms with Gasteiger partial charge in [-0.15, -0.1) is 0 Å². The number of piperidine rings is 1. The molecule has 0 radical (unpaired) electrons. The molecule has 1 amide bonds. The monoisotopic (exact) mass is 527 g/mol. The van der Waals surface area contributed by atoms with Gasteiger partial charge in [0.05, 0.1) is 5.41 Å². The molecule has 3 heterocycles. The molecule has 202 valence electrons. The predicted octanol–water partition coefficient (Wildman–Crippen LogP) is 3.57. The van der Waals surface area contributed by atoms with Gasteiger partial charge in [0.1, 0.15) is 0 Å². The second-order valence-corrected chi connectivity index (χ2v) is 9.01. The predicted molar refractivity (Wildman–Crippen MR) is 112 cm³/mol. The number of amides is 1. The fourth-order valence-corrected chi connectivity index (χ4v) is 4.18. The molecule has 2 N–H and O–H groups in total. The molecule has 1 atom stereocenters. The molecule has 4 rings (SSSR count). The number of hydrogen-bond acceptors (Lipinski definition) is 5. The number of likely N-dealkylation sites (tertiary alicyclic amines) is 2. The Labute approximate surface area is 202 Å². The Bertz CT molecular complexity index is 884. The number of carboxylic acid groups (broad SMARTS) is 2. The molecule has 3 fully saturated rings. The summed E-state index contributed by atoms with van der Waals surface area (Å²) in [4.78, 5) is 39.6. The van der Waals surface area contributed by atoms with E-state index in [2.05, 4.69) is 20.9 Å². The van der Waals surface area contributed by atoms with E-state index >= 15 is 0 Å². The molecule has 3 aliphatic rings. The standard InChI is InChI=1S/C18H25N3O.2C2HF3O2/c22-17-18(6-2-9-20(14-18)12-15-4-5-15)7-10-21(17)13-16-3-1-8-19-11-16;2*3-2(4,5)1(6)7/h1,3,8,11,15H,2,4-7,9-10,12-14H2;2*(H,6,7). The lowest BCUT2D eigenvalue weighted by molar-refractivity contribution is -0.193. The van der Waals surface area contributed by atoms with Crippen LogP contribution in [0.4, 0.5) is 26.3 Å². The van der Waals surface area contributed by atoms with Crippen molar-refractivity contribution in [2.45, 2.75) is 51.0 Å². The smallest absolute Gasteiger partial charge is 0.475 e. The van der Waals surface area contributed by atoms with Crippen molar-refractivity contribution in [3.63, 3.8) is 0 Å². The summed E-state index contributed by atoms with van der Waals surface area (Å²) in [6.07, 6.45) is -0.426. The Hall–Kier alpha value is -2.90. The zero-order chi connectivity index (χ0) is 27.1. The van der Waals surface area contributed by atoms with Crippen molar-refractivity contribution in [2.75, 3.05) is 26.2 Å². The molecule has 14 heteroatoms. The first-order valence-corrected chi connectivity index (χ1v) is 11.1. The zero-order valence-electron chi connectivity index (χ0n) is 19.2. The highest BCUT2D eigenvalue weighted by molar-refractivity contribution is 5.85. The van der Waals surface area contributed by atoms with Crippen molar-refractivity contribution in [1.29, 1.82) is 0 Å². The first-order chi connectivity index (χ1) is 16.6. The maximum Gasteiger partial charge on any atom is 0.490 e. The van der Waals surface area contributed by atoms with Gasteiger partial charge in [-0.05, 0) is 56.2 Å². The third kappa shape index (κ3) is 8.95. The summed E-state index contributed by atoms with van der Waals surface area (Å²) in [6, 6.07) is 4.01. The number of aliphatic carboxylic acids is 2. The average Bonchev–Trinajstić information content (AvgIpc) is 3.56. The van der Waals surface area contributed by atoms with Gasteiger partial charge in [0.15, 0.2) is 0 Å². The second kappa shape index (κ2) is 11.9. The van der Waals surface area contributed by atoms with E-state index in [1.807, 2.05) is 12.3 Å². The van der Waals surface area contributed by atoms with E-state index in [0.29, 0.717) is 5.91 Å². The highest BCUT2D eigenvalue weighted by Gasteiger charge is 2.49. The lowest BCUT2D eigenvalue weighted by Gasteiger charge is -2.39. The number of pyridine rings is 1. The van der Waals surface area contributed by atoms with Crippen LogP contribution in [-0.4, -0.2) is 81.4 Å². The van der Waals surface area contributed by atoms with E-state index in [1.165, 1.54) is 32.4 Å². The van der Waals surface area contributed by atoms with Gasteiger partial charge in [-0.3, -0.25) is 9.78 Å². The van der Waals surface area contributed by atoms with Gasteiger partial charge in [-0.25, -0.2) is 9.59 Å². The number of alkyl halides is 6. The zero-order valence-corrected chi connectivity index (χ0v) is 19.2. The highest BCUT2D eigenvalue weighted by Crippen LogP contribution is 2.42. The van der Waals surface area contributed by atoms with Crippen LogP contribution in [0.1, 0.15) is 37.7 Å². The number of carboxylic acids is 2. The summed E-state index contributed by atoms with van der Waals surface area (Å²) >= 11 is 0. The molecule has 1 aromatic heterocycles. The number of rotatable bonds is 4. The summed E-state index contributed by atoms with van der Waals surface area (Å²) in [5, 5.41) is 14.2. The Morgan fingerprint density at radius 1 is 1.03 bits per heavy atom.